The van der Waals surface area contributed by atoms with Crippen molar-refractivity contribution in [2.24, 2.45) is 5.73 Å². The number of phenols is 1. The third-order valence-electron chi connectivity index (χ3n) is 1.92. The first-order valence-corrected chi connectivity index (χ1v) is 5.10. The molecule has 6 nitrogen and oxygen atoms in total. The largest absolute Gasteiger partial charge is 0.504 e. The van der Waals surface area contributed by atoms with E-state index >= 15 is 0 Å². The molecule has 7 heteroatoms. The van der Waals surface area contributed by atoms with E-state index in [-0.39, 0.29) is 24.7 Å². The van der Waals surface area contributed by atoms with Crippen LogP contribution >= 0.6 is 11.6 Å². The van der Waals surface area contributed by atoms with Gasteiger partial charge in [-0.15, -0.1) is 0 Å². The molecule has 4 N–H and O–H groups in total. The van der Waals surface area contributed by atoms with Crippen LogP contribution in [0.5, 0.6) is 11.5 Å². The molecule has 0 aromatic heterocycles. The van der Waals surface area contributed by atoms with Crippen LogP contribution in [0.1, 0.15) is 5.56 Å². The maximum absolute atomic E-state index is 10.4. The number of halogens is 1. The highest BCUT2D eigenvalue weighted by atomic mass is 35.5. The number of aromatic hydroxyl groups is 1. The van der Waals surface area contributed by atoms with Gasteiger partial charge in [-0.25, -0.2) is 0 Å². The average molecular weight is 261 g/mol. The lowest BCUT2D eigenvalue weighted by Gasteiger charge is -2.10. The molecule has 0 saturated heterocycles. The Hall–Kier alpha value is -1.50. The van der Waals surface area contributed by atoms with Crippen molar-refractivity contribution in [3.63, 3.8) is 0 Å². The van der Waals surface area contributed by atoms with Crippen LogP contribution in [-0.4, -0.2) is 24.7 Å². The molecule has 94 valence electrons. The van der Waals surface area contributed by atoms with E-state index in [9.17, 15) is 9.90 Å². The number of rotatable bonds is 6. The van der Waals surface area contributed by atoms with E-state index in [0.717, 1.165) is 0 Å². The molecular formula is C10H13ClN2O4. The summed E-state index contributed by atoms with van der Waals surface area (Å²) in [6, 6.07) is 3.05. The minimum Gasteiger partial charge on any atom is -0.504 e. The standard InChI is InChI=1S/C10H13ClN2O4/c1-16-8-3-7(11)2-6(10(8)15)4-13-17-5-9(12)14/h2-3,13,15H,4-5H2,1H3,(H2,12,14). The normalized spacial score (nSPS) is 10.2. The van der Waals surface area contributed by atoms with Crippen molar-refractivity contribution in [1.29, 1.82) is 0 Å². The third-order valence-corrected chi connectivity index (χ3v) is 2.14. The smallest absolute Gasteiger partial charge is 0.245 e. The number of hydroxylamine groups is 1. The Bertz CT molecular complexity index is 412. The Morgan fingerprint density at radius 2 is 2.29 bits per heavy atom. The van der Waals surface area contributed by atoms with E-state index in [4.69, 9.17) is 26.9 Å². The van der Waals surface area contributed by atoms with Crippen LogP contribution in [0.15, 0.2) is 12.1 Å². The van der Waals surface area contributed by atoms with Crippen molar-refractivity contribution >= 4 is 17.5 Å². The highest BCUT2D eigenvalue weighted by Gasteiger charge is 2.09. The molecule has 0 radical (unpaired) electrons. The highest BCUT2D eigenvalue weighted by molar-refractivity contribution is 6.30. The summed E-state index contributed by atoms with van der Waals surface area (Å²) >= 11 is 5.83. The predicted octanol–water partition coefficient (Wildman–Crippen LogP) is 0.561. The fourth-order valence-corrected chi connectivity index (χ4v) is 1.40. The number of hydrogen-bond acceptors (Lipinski definition) is 5. The molecule has 0 aliphatic heterocycles. The van der Waals surface area contributed by atoms with Crippen LogP contribution in [0, 0.1) is 0 Å². The molecule has 0 aliphatic rings. The zero-order valence-corrected chi connectivity index (χ0v) is 9.95. The van der Waals surface area contributed by atoms with Crippen molar-refractivity contribution in [2.75, 3.05) is 13.7 Å². The Kier molecular flexibility index (Phi) is 5.02. The van der Waals surface area contributed by atoms with Crippen LogP contribution in [0.4, 0.5) is 0 Å². The van der Waals surface area contributed by atoms with Gasteiger partial charge in [0.2, 0.25) is 5.91 Å². The van der Waals surface area contributed by atoms with Crippen molar-refractivity contribution in [3.05, 3.63) is 22.7 Å². The minimum absolute atomic E-state index is 0.0351. The van der Waals surface area contributed by atoms with E-state index in [0.29, 0.717) is 10.6 Å². The number of nitrogens with two attached hydrogens (primary N) is 1. The lowest BCUT2D eigenvalue weighted by Crippen LogP contribution is -2.24. The molecule has 0 aliphatic carbocycles. The number of amides is 1. The zero-order chi connectivity index (χ0) is 12.8. The number of ether oxygens (including phenoxy) is 1. The molecular weight excluding hydrogens is 248 g/mol. The van der Waals surface area contributed by atoms with Gasteiger partial charge in [-0.3, -0.25) is 9.63 Å². The maximum atomic E-state index is 10.4. The van der Waals surface area contributed by atoms with Crippen LogP contribution in [0.25, 0.3) is 0 Å². The van der Waals surface area contributed by atoms with Crippen LogP contribution in [-0.2, 0) is 16.2 Å². The molecule has 17 heavy (non-hydrogen) atoms. The number of phenolic OH excluding ortho intramolecular Hbond substituents is 1. The third kappa shape index (κ3) is 4.10. The lowest BCUT2D eigenvalue weighted by atomic mass is 10.2. The monoisotopic (exact) mass is 260 g/mol. The molecule has 0 unspecified atom stereocenters. The Morgan fingerprint density at radius 3 is 2.88 bits per heavy atom. The number of carbonyl (C=O) groups excluding carboxylic acids is 1. The summed E-state index contributed by atoms with van der Waals surface area (Å²) < 4.78 is 4.93. The number of methoxy groups -OCH3 is 1. The van der Waals surface area contributed by atoms with Crippen LogP contribution in [0.2, 0.25) is 5.02 Å². The van der Waals surface area contributed by atoms with Gasteiger partial charge >= 0.3 is 0 Å². The second-order valence-electron chi connectivity index (χ2n) is 3.19. The first-order valence-electron chi connectivity index (χ1n) is 4.73. The summed E-state index contributed by atoms with van der Waals surface area (Å²) in [5.74, 6) is -0.360. The summed E-state index contributed by atoms with van der Waals surface area (Å²) in [5.41, 5.74) is 7.84. The second-order valence-corrected chi connectivity index (χ2v) is 3.63. The average Bonchev–Trinajstić information content (AvgIpc) is 2.28. The second kappa shape index (κ2) is 6.29. The van der Waals surface area contributed by atoms with Gasteiger partial charge in [-0.2, -0.15) is 5.48 Å². The van der Waals surface area contributed by atoms with E-state index in [1.165, 1.54) is 13.2 Å². The number of nitrogens with one attached hydrogen (secondary N) is 1. The number of hydrogen-bond donors (Lipinski definition) is 3. The van der Waals surface area contributed by atoms with E-state index in [1.54, 1.807) is 6.07 Å². The Morgan fingerprint density at radius 1 is 1.59 bits per heavy atom. The molecule has 1 aromatic carbocycles. The number of carbonyl (C=O) groups is 1. The Labute approximate surface area is 103 Å². The zero-order valence-electron chi connectivity index (χ0n) is 9.20. The molecule has 0 heterocycles. The fraction of sp³-hybridized carbons (Fsp3) is 0.300. The summed E-state index contributed by atoms with van der Waals surface area (Å²) in [4.78, 5) is 15.1. The van der Waals surface area contributed by atoms with Gasteiger partial charge in [0.15, 0.2) is 11.5 Å². The van der Waals surface area contributed by atoms with E-state index in [2.05, 4.69) is 5.48 Å². The van der Waals surface area contributed by atoms with Gasteiger partial charge in [0.25, 0.3) is 0 Å². The minimum atomic E-state index is -0.592. The maximum Gasteiger partial charge on any atom is 0.245 e. The van der Waals surface area contributed by atoms with Gasteiger partial charge in [0, 0.05) is 23.2 Å². The Balaban J connectivity index is 2.64. The molecule has 0 saturated carbocycles. The van der Waals surface area contributed by atoms with Gasteiger partial charge in [0.05, 0.1) is 7.11 Å². The predicted molar refractivity (Wildman–Crippen MR) is 61.7 cm³/mol. The fourth-order valence-electron chi connectivity index (χ4n) is 1.17. The van der Waals surface area contributed by atoms with Crippen molar-refractivity contribution in [3.8, 4) is 11.5 Å². The summed E-state index contributed by atoms with van der Waals surface area (Å²) in [7, 11) is 1.42. The van der Waals surface area contributed by atoms with E-state index in [1.807, 2.05) is 0 Å². The van der Waals surface area contributed by atoms with E-state index < -0.39 is 5.91 Å². The molecule has 1 rings (SSSR count). The summed E-state index contributed by atoms with van der Waals surface area (Å²) in [6.45, 7) is -0.0888. The summed E-state index contributed by atoms with van der Waals surface area (Å²) in [6.07, 6.45) is 0. The van der Waals surface area contributed by atoms with Gasteiger partial charge in [-0.05, 0) is 6.07 Å². The van der Waals surface area contributed by atoms with Crippen molar-refractivity contribution in [2.45, 2.75) is 6.54 Å². The van der Waals surface area contributed by atoms with Crippen LogP contribution < -0.4 is 16.0 Å². The topological polar surface area (TPSA) is 93.8 Å². The van der Waals surface area contributed by atoms with Gasteiger partial charge in [-0.1, -0.05) is 11.6 Å². The molecule has 1 amide bonds. The van der Waals surface area contributed by atoms with Crippen molar-refractivity contribution < 1.29 is 19.5 Å². The molecule has 0 atom stereocenters. The van der Waals surface area contributed by atoms with Crippen LogP contribution in [0.3, 0.4) is 0 Å². The lowest BCUT2D eigenvalue weighted by molar-refractivity contribution is -0.125. The molecule has 0 spiro atoms. The summed E-state index contributed by atoms with van der Waals surface area (Å²) in [5, 5.41) is 10.2. The number of benzene rings is 1. The van der Waals surface area contributed by atoms with Gasteiger partial charge in [0.1, 0.15) is 6.61 Å². The molecule has 0 bridgehead atoms. The SMILES string of the molecule is COc1cc(Cl)cc(CNOCC(N)=O)c1O. The van der Waals surface area contributed by atoms with Crippen molar-refractivity contribution in [1.82, 2.24) is 5.48 Å². The number of primary amides is 1. The first-order chi connectivity index (χ1) is 8.04. The molecule has 0 fully saturated rings. The quantitative estimate of drug-likeness (QED) is 0.513. The van der Waals surface area contributed by atoms with Gasteiger partial charge < -0.3 is 15.6 Å². The first kappa shape index (κ1) is 13.6. The molecule has 1 aromatic rings. The highest BCUT2D eigenvalue weighted by Crippen LogP contribution is 2.33.